The van der Waals surface area contributed by atoms with Gasteiger partial charge in [0.1, 0.15) is 5.78 Å². The third-order valence-corrected chi connectivity index (χ3v) is 12.7. The molecule has 188 valence electrons. The Hall–Kier alpha value is -1.67. The Bertz CT molecular complexity index is 1090. The summed E-state index contributed by atoms with van der Waals surface area (Å²) >= 11 is 0. The average Bonchev–Trinajstić information content (AvgIpc) is 3.08. The molecule has 0 aromatic rings. The molecule has 2 nitrogen and oxygen atoms in total. The molecule has 0 amide bonds. The Morgan fingerprint density at radius 2 is 1.80 bits per heavy atom. The minimum absolute atomic E-state index is 0.0495. The van der Waals surface area contributed by atoms with E-state index in [9.17, 15) is 9.90 Å². The molecule has 0 saturated heterocycles. The van der Waals surface area contributed by atoms with E-state index in [2.05, 4.69) is 53.0 Å². The third-order valence-electron chi connectivity index (χ3n) is 12.7. The molecule has 1 N–H and O–H groups in total. The Labute approximate surface area is 212 Å². The topological polar surface area (TPSA) is 37.3 Å². The Morgan fingerprint density at radius 1 is 1.06 bits per heavy atom. The van der Waals surface area contributed by atoms with Crippen LogP contribution in [-0.2, 0) is 4.79 Å². The minimum Gasteiger partial charge on any atom is -0.388 e. The number of hydrogen-bond donors (Lipinski definition) is 1. The zero-order valence-corrected chi connectivity index (χ0v) is 22.3. The second-order valence-corrected chi connectivity index (χ2v) is 13.9. The lowest BCUT2D eigenvalue weighted by Crippen LogP contribution is -2.57. The highest BCUT2D eigenvalue weighted by Crippen LogP contribution is 2.73. The molecule has 2 bridgehead atoms. The van der Waals surface area contributed by atoms with Gasteiger partial charge in [0.25, 0.3) is 0 Å². The van der Waals surface area contributed by atoms with Gasteiger partial charge in [-0.25, -0.2) is 0 Å². The van der Waals surface area contributed by atoms with Crippen molar-refractivity contribution in [1.82, 2.24) is 0 Å². The zero-order valence-electron chi connectivity index (χ0n) is 22.3. The summed E-state index contributed by atoms with van der Waals surface area (Å²) in [4.78, 5) is 13.5. The van der Waals surface area contributed by atoms with E-state index in [0.29, 0.717) is 35.9 Å². The van der Waals surface area contributed by atoms with Crippen LogP contribution in [0.3, 0.4) is 0 Å². The van der Waals surface area contributed by atoms with Gasteiger partial charge in [0.15, 0.2) is 0 Å². The summed E-state index contributed by atoms with van der Waals surface area (Å²) in [5.41, 5.74) is 4.75. The standard InChI is InChI=1S/C33H44O2/c1-18-15-23-17-31(5,21(18)4)28-20(3)30(35)25-12-11-22-9-8-10-27(34)33(22,7)26(25)14-13-24-19(2)16-32(23,6)29(24)28/h8-9,11,21,23-26,28-30,35H,1-3,10,12-17H2,4-7H3/t21?,23?,24-,25?,26?,28?,29?,30?,31?,32-,33?/m0/s1. The van der Waals surface area contributed by atoms with E-state index in [4.69, 9.17) is 6.58 Å². The number of Topliss-reactive ketones (excluding diaryl/α,β-unsaturated/α-hetero) is 1. The van der Waals surface area contributed by atoms with Crippen molar-refractivity contribution >= 4 is 5.78 Å². The van der Waals surface area contributed by atoms with Crippen LogP contribution in [0.4, 0.5) is 0 Å². The molecule has 0 spiro atoms. The number of aliphatic hydroxyl groups excluding tert-OH is 1. The molecule has 6 aliphatic carbocycles. The first kappa shape index (κ1) is 23.7. The molecule has 0 aromatic carbocycles. The van der Waals surface area contributed by atoms with Crippen molar-refractivity contribution in [1.29, 1.82) is 0 Å². The summed E-state index contributed by atoms with van der Waals surface area (Å²) in [6.45, 7) is 23.5. The van der Waals surface area contributed by atoms with Crippen LogP contribution in [0.5, 0.6) is 0 Å². The fraction of sp³-hybridized carbons (Fsp3) is 0.667. The van der Waals surface area contributed by atoms with Gasteiger partial charge >= 0.3 is 0 Å². The number of aliphatic hydroxyl groups is 1. The molecule has 0 aliphatic heterocycles. The molecular weight excluding hydrogens is 428 g/mol. The maximum absolute atomic E-state index is 13.5. The smallest absolute Gasteiger partial charge is 0.147 e. The van der Waals surface area contributed by atoms with Crippen molar-refractivity contribution in [3.8, 4) is 0 Å². The summed E-state index contributed by atoms with van der Waals surface area (Å²) in [5.74, 6) is 2.73. The zero-order chi connectivity index (χ0) is 25.1. The van der Waals surface area contributed by atoms with Crippen molar-refractivity contribution in [2.24, 2.45) is 57.7 Å². The van der Waals surface area contributed by atoms with Crippen LogP contribution < -0.4 is 0 Å². The van der Waals surface area contributed by atoms with Crippen LogP contribution in [-0.4, -0.2) is 17.0 Å². The van der Waals surface area contributed by atoms with Crippen molar-refractivity contribution < 1.29 is 9.90 Å². The fourth-order valence-corrected chi connectivity index (χ4v) is 10.6. The monoisotopic (exact) mass is 472 g/mol. The number of fused-ring (bicyclic) bond motifs is 7. The van der Waals surface area contributed by atoms with Crippen molar-refractivity contribution in [3.05, 3.63) is 60.3 Å². The second kappa shape index (κ2) is 7.44. The Balaban J connectivity index is 1.51. The number of hydrogen-bond acceptors (Lipinski definition) is 2. The van der Waals surface area contributed by atoms with Crippen LogP contribution in [0.1, 0.15) is 72.6 Å². The third kappa shape index (κ3) is 2.84. The maximum Gasteiger partial charge on any atom is 0.147 e. The summed E-state index contributed by atoms with van der Waals surface area (Å²) in [6.07, 6.45) is 12.7. The highest BCUT2D eigenvalue weighted by Gasteiger charge is 2.66. The van der Waals surface area contributed by atoms with Gasteiger partial charge in [0, 0.05) is 6.42 Å². The summed E-state index contributed by atoms with van der Waals surface area (Å²) in [6, 6.07) is 0. The fourth-order valence-electron chi connectivity index (χ4n) is 10.6. The van der Waals surface area contributed by atoms with Crippen molar-refractivity contribution in [3.63, 3.8) is 0 Å². The van der Waals surface area contributed by atoms with E-state index in [0.717, 1.165) is 37.7 Å². The van der Waals surface area contributed by atoms with Gasteiger partial charge in [-0.15, -0.1) is 0 Å². The lowest BCUT2D eigenvalue weighted by molar-refractivity contribution is -0.131. The lowest BCUT2D eigenvalue weighted by Gasteiger charge is -2.63. The van der Waals surface area contributed by atoms with Crippen LogP contribution in [0, 0.1) is 57.7 Å². The van der Waals surface area contributed by atoms with E-state index in [-0.39, 0.29) is 28.6 Å². The maximum atomic E-state index is 13.5. The van der Waals surface area contributed by atoms with Gasteiger partial charge in [0.2, 0.25) is 0 Å². The largest absolute Gasteiger partial charge is 0.388 e. The first-order valence-electron chi connectivity index (χ1n) is 14.1. The SMILES string of the molecule is C=C1CC2CC(C)(C1C)C1C(=C)C(O)C3CC=C4C=CCC(=O)C4(C)C3CC[C@H]3C(=C)C[C@]2(C)C13. The Kier molecular flexibility index (Phi) is 5.04. The predicted molar refractivity (Wildman–Crippen MR) is 142 cm³/mol. The molecule has 11 atom stereocenters. The number of rotatable bonds is 0. The van der Waals surface area contributed by atoms with Crippen molar-refractivity contribution in [2.45, 2.75) is 78.7 Å². The van der Waals surface area contributed by atoms with Gasteiger partial charge in [-0.05, 0) is 109 Å². The molecule has 0 radical (unpaired) electrons. The molecule has 9 unspecified atom stereocenters. The minimum atomic E-state index is -0.578. The molecular formula is C33H44O2. The van der Waals surface area contributed by atoms with E-state index in [1.165, 1.54) is 23.1 Å². The van der Waals surface area contributed by atoms with E-state index in [1.807, 2.05) is 6.08 Å². The molecule has 2 heteroatoms. The molecule has 6 aliphatic rings. The Morgan fingerprint density at radius 3 is 2.54 bits per heavy atom. The van der Waals surface area contributed by atoms with E-state index >= 15 is 0 Å². The number of carbonyl (C=O) groups is 1. The highest BCUT2D eigenvalue weighted by molar-refractivity contribution is 5.91. The van der Waals surface area contributed by atoms with Crippen LogP contribution >= 0.6 is 0 Å². The van der Waals surface area contributed by atoms with Gasteiger partial charge in [-0.1, -0.05) is 69.9 Å². The first-order valence-corrected chi connectivity index (χ1v) is 14.1. The van der Waals surface area contributed by atoms with E-state index < -0.39 is 11.5 Å². The normalized spacial score (nSPS) is 53.1. The van der Waals surface area contributed by atoms with Gasteiger partial charge < -0.3 is 5.11 Å². The molecule has 4 fully saturated rings. The number of ketones is 1. The van der Waals surface area contributed by atoms with Crippen LogP contribution in [0.15, 0.2) is 60.3 Å². The predicted octanol–water partition coefficient (Wildman–Crippen LogP) is 7.23. The van der Waals surface area contributed by atoms with Crippen molar-refractivity contribution in [2.75, 3.05) is 0 Å². The quantitative estimate of drug-likeness (QED) is 0.378. The van der Waals surface area contributed by atoms with Crippen LogP contribution in [0.2, 0.25) is 0 Å². The first-order chi connectivity index (χ1) is 16.4. The van der Waals surface area contributed by atoms with Gasteiger partial charge in [-0.3, -0.25) is 4.79 Å². The van der Waals surface area contributed by atoms with Gasteiger partial charge in [0.05, 0.1) is 11.5 Å². The summed E-state index contributed by atoms with van der Waals surface area (Å²) < 4.78 is 0. The molecule has 4 saturated carbocycles. The molecule has 6 rings (SSSR count). The number of allylic oxidation sites excluding steroid dienone is 6. The van der Waals surface area contributed by atoms with Crippen LogP contribution in [0.25, 0.3) is 0 Å². The molecule has 35 heavy (non-hydrogen) atoms. The molecule has 0 aromatic heterocycles. The lowest BCUT2D eigenvalue weighted by atomic mass is 9.41. The second-order valence-electron chi connectivity index (χ2n) is 13.9. The highest BCUT2D eigenvalue weighted by atomic mass is 16.3. The summed E-state index contributed by atoms with van der Waals surface area (Å²) in [5, 5.41) is 12.1. The number of carbonyl (C=O) groups excluding carboxylic acids is 1. The summed E-state index contributed by atoms with van der Waals surface area (Å²) in [7, 11) is 0. The van der Waals surface area contributed by atoms with Gasteiger partial charge in [-0.2, -0.15) is 0 Å². The molecule has 0 heterocycles. The average molecular weight is 473 g/mol. The van der Waals surface area contributed by atoms with E-state index in [1.54, 1.807) is 0 Å².